The van der Waals surface area contributed by atoms with Crippen molar-refractivity contribution in [1.29, 1.82) is 0 Å². The fraction of sp³-hybridized carbons (Fsp3) is 0.222. The van der Waals surface area contributed by atoms with Crippen LogP contribution in [-0.2, 0) is 16.0 Å². The van der Waals surface area contributed by atoms with Gasteiger partial charge in [0, 0.05) is 23.1 Å². The highest BCUT2D eigenvalue weighted by atomic mass is 79.9. The van der Waals surface area contributed by atoms with Gasteiger partial charge in [-0.1, -0.05) is 46.3 Å². The minimum absolute atomic E-state index is 0.0798. The van der Waals surface area contributed by atoms with Crippen LogP contribution in [0.2, 0.25) is 0 Å². The molecule has 0 bridgehead atoms. The number of aryl methyl sites for hydroxylation is 1. The number of rotatable bonds is 6. The van der Waals surface area contributed by atoms with Gasteiger partial charge in [-0.2, -0.15) is 0 Å². The third kappa shape index (κ3) is 5.87. The number of hydrogen-bond donors (Lipinski definition) is 2. The molecule has 0 aliphatic heterocycles. The zero-order valence-corrected chi connectivity index (χ0v) is 14.5. The highest BCUT2D eigenvalue weighted by molar-refractivity contribution is 9.10. The van der Waals surface area contributed by atoms with Crippen molar-refractivity contribution in [2.24, 2.45) is 0 Å². The Morgan fingerprint density at radius 3 is 2.48 bits per heavy atom. The Bertz CT molecular complexity index is 687. The Balaban J connectivity index is 1.73. The molecule has 0 aliphatic rings. The Labute approximate surface area is 144 Å². The van der Waals surface area contributed by atoms with Crippen molar-refractivity contribution in [2.45, 2.75) is 19.8 Å². The molecule has 0 heterocycles. The zero-order valence-electron chi connectivity index (χ0n) is 12.9. The van der Waals surface area contributed by atoms with Crippen molar-refractivity contribution in [3.05, 3.63) is 64.1 Å². The molecule has 0 saturated heterocycles. The summed E-state index contributed by atoms with van der Waals surface area (Å²) in [5.41, 5.74) is 2.73. The second-order valence-corrected chi connectivity index (χ2v) is 6.19. The second kappa shape index (κ2) is 8.48. The maximum atomic E-state index is 11.9. The van der Waals surface area contributed by atoms with Crippen LogP contribution in [0.3, 0.4) is 0 Å². The van der Waals surface area contributed by atoms with Gasteiger partial charge in [0.1, 0.15) is 0 Å². The van der Waals surface area contributed by atoms with Gasteiger partial charge in [-0.05, 0) is 36.2 Å². The van der Waals surface area contributed by atoms with E-state index < -0.39 is 0 Å². The molecule has 2 aromatic rings. The predicted octanol–water partition coefficient (Wildman–Crippen LogP) is 3.45. The molecule has 0 unspecified atom stereocenters. The van der Waals surface area contributed by atoms with Crippen molar-refractivity contribution in [2.75, 3.05) is 11.9 Å². The van der Waals surface area contributed by atoms with Gasteiger partial charge in [-0.15, -0.1) is 0 Å². The van der Waals surface area contributed by atoms with E-state index in [0.29, 0.717) is 13.0 Å². The number of nitrogens with one attached hydrogen (secondary N) is 2. The summed E-state index contributed by atoms with van der Waals surface area (Å²) in [6, 6.07) is 15.2. The van der Waals surface area contributed by atoms with Crippen LogP contribution in [0.4, 0.5) is 5.69 Å². The topological polar surface area (TPSA) is 58.2 Å². The standard InChI is InChI=1S/C18H19BrN2O2/c1-13-11-15(19)7-8-16(13)21-17(22)9-10-20-18(23)12-14-5-3-2-4-6-14/h2-8,11H,9-10,12H2,1H3,(H,20,23)(H,21,22). The van der Waals surface area contributed by atoms with E-state index in [-0.39, 0.29) is 18.2 Å². The summed E-state index contributed by atoms with van der Waals surface area (Å²) < 4.78 is 0.973. The lowest BCUT2D eigenvalue weighted by Crippen LogP contribution is -2.28. The Hall–Kier alpha value is -2.14. The molecule has 23 heavy (non-hydrogen) atoms. The molecular formula is C18H19BrN2O2. The first-order valence-corrected chi connectivity index (χ1v) is 8.20. The lowest BCUT2D eigenvalue weighted by Gasteiger charge is -2.09. The van der Waals surface area contributed by atoms with Crippen molar-refractivity contribution in [3.8, 4) is 0 Å². The van der Waals surface area contributed by atoms with Crippen molar-refractivity contribution < 1.29 is 9.59 Å². The molecular weight excluding hydrogens is 356 g/mol. The van der Waals surface area contributed by atoms with E-state index in [9.17, 15) is 9.59 Å². The molecule has 4 nitrogen and oxygen atoms in total. The largest absolute Gasteiger partial charge is 0.355 e. The lowest BCUT2D eigenvalue weighted by molar-refractivity contribution is -0.120. The summed E-state index contributed by atoms with van der Waals surface area (Å²) in [4.78, 5) is 23.7. The summed E-state index contributed by atoms with van der Waals surface area (Å²) in [5.74, 6) is -0.195. The zero-order chi connectivity index (χ0) is 16.7. The lowest BCUT2D eigenvalue weighted by atomic mass is 10.1. The number of amides is 2. The first-order chi connectivity index (χ1) is 11.0. The Morgan fingerprint density at radius 1 is 1.04 bits per heavy atom. The summed E-state index contributed by atoms with van der Waals surface area (Å²) >= 11 is 3.39. The highest BCUT2D eigenvalue weighted by Crippen LogP contribution is 2.20. The molecule has 0 radical (unpaired) electrons. The molecule has 0 aromatic heterocycles. The van der Waals surface area contributed by atoms with Crippen LogP contribution in [0.1, 0.15) is 17.5 Å². The Kier molecular flexibility index (Phi) is 6.35. The van der Waals surface area contributed by atoms with Crippen LogP contribution >= 0.6 is 15.9 Å². The van der Waals surface area contributed by atoms with Gasteiger partial charge >= 0.3 is 0 Å². The van der Waals surface area contributed by atoms with Crippen molar-refractivity contribution in [1.82, 2.24) is 5.32 Å². The van der Waals surface area contributed by atoms with Crippen LogP contribution < -0.4 is 10.6 Å². The molecule has 120 valence electrons. The molecule has 5 heteroatoms. The van der Waals surface area contributed by atoms with E-state index in [1.807, 2.05) is 55.5 Å². The number of carbonyl (C=O) groups excluding carboxylic acids is 2. The van der Waals surface area contributed by atoms with E-state index in [4.69, 9.17) is 0 Å². The normalized spacial score (nSPS) is 10.2. The third-order valence-corrected chi connectivity index (χ3v) is 3.84. The van der Waals surface area contributed by atoms with Gasteiger partial charge in [-0.3, -0.25) is 9.59 Å². The number of hydrogen-bond acceptors (Lipinski definition) is 2. The monoisotopic (exact) mass is 374 g/mol. The van der Waals surface area contributed by atoms with Crippen LogP contribution in [-0.4, -0.2) is 18.4 Å². The minimum Gasteiger partial charge on any atom is -0.355 e. The minimum atomic E-state index is -0.115. The van der Waals surface area contributed by atoms with Gasteiger partial charge in [-0.25, -0.2) is 0 Å². The van der Waals surface area contributed by atoms with Crippen molar-refractivity contribution in [3.63, 3.8) is 0 Å². The summed E-state index contributed by atoms with van der Waals surface area (Å²) in [7, 11) is 0. The molecule has 2 rings (SSSR count). The van der Waals surface area contributed by atoms with E-state index in [1.54, 1.807) is 0 Å². The summed E-state index contributed by atoms with van der Waals surface area (Å²) in [5, 5.41) is 5.61. The highest BCUT2D eigenvalue weighted by Gasteiger charge is 2.07. The van der Waals surface area contributed by atoms with E-state index in [1.165, 1.54) is 0 Å². The predicted molar refractivity (Wildman–Crippen MR) is 95.3 cm³/mol. The van der Waals surface area contributed by atoms with Crippen LogP contribution in [0, 0.1) is 6.92 Å². The van der Waals surface area contributed by atoms with E-state index in [0.717, 1.165) is 21.3 Å². The molecule has 2 aromatic carbocycles. The Morgan fingerprint density at radius 2 is 1.78 bits per heavy atom. The first-order valence-electron chi connectivity index (χ1n) is 7.41. The average Bonchev–Trinajstić information content (AvgIpc) is 2.51. The molecule has 0 saturated carbocycles. The first kappa shape index (κ1) is 17.2. The maximum Gasteiger partial charge on any atom is 0.226 e. The van der Waals surface area contributed by atoms with Gasteiger partial charge in [0.2, 0.25) is 11.8 Å². The summed E-state index contributed by atoms with van der Waals surface area (Å²) in [6.07, 6.45) is 0.574. The summed E-state index contributed by atoms with van der Waals surface area (Å²) in [6.45, 7) is 2.26. The number of benzene rings is 2. The van der Waals surface area contributed by atoms with Crippen LogP contribution in [0.15, 0.2) is 53.0 Å². The molecule has 0 atom stereocenters. The number of anilines is 1. The maximum absolute atomic E-state index is 11.9. The average molecular weight is 375 g/mol. The number of carbonyl (C=O) groups is 2. The van der Waals surface area contributed by atoms with Gasteiger partial charge in [0.25, 0.3) is 0 Å². The molecule has 0 spiro atoms. The SMILES string of the molecule is Cc1cc(Br)ccc1NC(=O)CCNC(=O)Cc1ccccc1. The van der Waals surface area contributed by atoms with Gasteiger partial charge in [0.15, 0.2) is 0 Å². The molecule has 2 amide bonds. The second-order valence-electron chi connectivity index (χ2n) is 5.27. The van der Waals surface area contributed by atoms with Gasteiger partial charge < -0.3 is 10.6 Å². The van der Waals surface area contributed by atoms with Crippen LogP contribution in [0.5, 0.6) is 0 Å². The smallest absolute Gasteiger partial charge is 0.226 e. The third-order valence-electron chi connectivity index (χ3n) is 3.34. The van der Waals surface area contributed by atoms with E-state index in [2.05, 4.69) is 26.6 Å². The van der Waals surface area contributed by atoms with Crippen LogP contribution in [0.25, 0.3) is 0 Å². The number of halogens is 1. The molecule has 2 N–H and O–H groups in total. The van der Waals surface area contributed by atoms with Crippen molar-refractivity contribution >= 4 is 33.4 Å². The van der Waals surface area contributed by atoms with E-state index >= 15 is 0 Å². The van der Waals surface area contributed by atoms with Gasteiger partial charge in [0.05, 0.1) is 6.42 Å². The quantitative estimate of drug-likeness (QED) is 0.813. The molecule has 0 aliphatic carbocycles. The fourth-order valence-corrected chi connectivity index (χ4v) is 2.61. The fourth-order valence-electron chi connectivity index (χ4n) is 2.14. The molecule has 0 fully saturated rings.